The van der Waals surface area contributed by atoms with E-state index in [1.54, 1.807) is 18.4 Å². The fraction of sp³-hybridized carbons (Fsp3) is 0.476. The Morgan fingerprint density at radius 2 is 2.19 bits per heavy atom. The van der Waals surface area contributed by atoms with Crippen LogP contribution in [0.3, 0.4) is 0 Å². The minimum atomic E-state index is 0.0215. The molecular formula is C21H25N3O3. The highest BCUT2D eigenvalue weighted by atomic mass is 16.5. The predicted molar refractivity (Wildman–Crippen MR) is 102 cm³/mol. The first-order valence-electron chi connectivity index (χ1n) is 9.45. The summed E-state index contributed by atoms with van der Waals surface area (Å²) >= 11 is 0. The summed E-state index contributed by atoms with van der Waals surface area (Å²) in [5, 5.41) is 4.72. The molecule has 1 aliphatic rings. The third-order valence-corrected chi connectivity index (χ3v) is 5.11. The van der Waals surface area contributed by atoms with Crippen molar-refractivity contribution in [2.45, 2.75) is 53.0 Å². The van der Waals surface area contributed by atoms with Crippen LogP contribution < -0.4 is 0 Å². The maximum Gasteiger partial charge on any atom is 0.259 e. The van der Waals surface area contributed by atoms with Crippen molar-refractivity contribution >= 4 is 17.0 Å². The van der Waals surface area contributed by atoms with Gasteiger partial charge in [0.25, 0.3) is 11.6 Å². The molecule has 0 saturated carbocycles. The van der Waals surface area contributed by atoms with E-state index in [1.165, 1.54) is 0 Å². The van der Waals surface area contributed by atoms with Crippen molar-refractivity contribution in [3.63, 3.8) is 0 Å². The van der Waals surface area contributed by atoms with Crippen LogP contribution in [0.5, 0.6) is 0 Å². The van der Waals surface area contributed by atoms with Gasteiger partial charge in [-0.2, -0.15) is 0 Å². The van der Waals surface area contributed by atoms with E-state index in [2.05, 4.69) is 30.9 Å². The Bertz CT molecular complexity index is 967. The molecule has 0 aliphatic carbocycles. The highest BCUT2D eigenvalue weighted by Crippen LogP contribution is 2.33. The smallest absolute Gasteiger partial charge is 0.259 e. The number of aryl methyl sites for hydroxylation is 1. The van der Waals surface area contributed by atoms with Crippen LogP contribution in [-0.2, 0) is 0 Å². The van der Waals surface area contributed by atoms with Crippen molar-refractivity contribution in [1.82, 2.24) is 15.0 Å². The Morgan fingerprint density at radius 3 is 2.89 bits per heavy atom. The van der Waals surface area contributed by atoms with Gasteiger partial charge in [0.1, 0.15) is 5.69 Å². The average Bonchev–Trinajstić information content (AvgIpc) is 3.33. The summed E-state index contributed by atoms with van der Waals surface area (Å²) in [5.41, 5.74) is 2.40. The molecule has 1 aliphatic heterocycles. The summed E-state index contributed by atoms with van der Waals surface area (Å²) in [6, 6.07) is 5.69. The Kier molecular flexibility index (Phi) is 4.29. The first-order chi connectivity index (χ1) is 12.8. The van der Waals surface area contributed by atoms with Crippen molar-refractivity contribution in [1.29, 1.82) is 0 Å². The van der Waals surface area contributed by atoms with Crippen LogP contribution in [-0.4, -0.2) is 33.5 Å². The monoisotopic (exact) mass is 367 g/mol. The number of pyridine rings is 1. The van der Waals surface area contributed by atoms with Crippen LogP contribution in [0.1, 0.15) is 56.1 Å². The summed E-state index contributed by atoms with van der Waals surface area (Å²) in [5.74, 6) is 0.626. The molecule has 1 atom stereocenters. The van der Waals surface area contributed by atoms with Gasteiger partial charge in [0.05, 0.1) is 22.9 Å². The Labute approximate surface area is 158 Å². The maximum atomic E-state index is 13.5. The minimum Gasteiger partial charge on any atom is -0.463 e. The number of amides is 1. The van der Waals surface area contributed by atoms with Crippen molar-refractivity contribution in [2.75, 3.05) is 6.54 Å². The van der Waals surface area contributed by atoms with E-state index in [1.807, 2.05) is 17.9 Å². The van der Waals surface area contributed by atoms with Crippen LogP contribution in [0.25, 0.3) is 22.6 Å². The molecule has 6 nitrogen and oxygen atoms in total. The van der Waals surface area contributed by atoms with Crippen LogP contribution in [0, 0.1) is 12.3 Å². The topological polar surface area (TPSA) is 72.4 Å². The summed E-state index contributed by atoms with van der Waals surface area (Å²) in [6.45, 7) is 9.28. The molecule has 3 aromatic rings. The number of aromatic nitrogens is 2. The van der Waals surface area contributed by atoms with Gasteiger partial charge >= 0.3 is 0 Å². The Hall–Kier alpha value is -2.63. The van der Waals surface area contributed by atoms with Crippen LogP contribution in [0.2, 0.25) is 0 Å². The first kappa shape index (κ1) is 17.8. The minimum absolute atomic E-state index is 0.0215. The summed E-state index contributed by atoms with van der Waals surface area (Å²) < 4.78 is 10.8. The number of likely N-dealkylation sites (tertiary alicyclic amines) is 1. The second kappa shape index (κ2) is 6.51. The van der Waals surface area contributed by atoms with Crippen molar-refractivity contribution in [3.05, 3.63) is 35.7 Å². The zero-order chi connectivity index (χ0) is 19.2. The Balaban J connectivity index is 1.78. The van der Waals surface area contributed by atoms with Crippen molar-refractivity contribution < 1.29 is 13.7 Å². The molecule has 27 heavy (non-hydrogen) atoms. The number of nitrogens with zero attached hydrogens (tertiary/aromatic N) is 3. The summed E-state index contributed by atoms with van der Waals surface area (Å²) in [6.07, 6.45) is 4.66. The van der Waals surface area contributed by atoms with Gasteiger partial charge in [0.15, 0.2) is 5.76 Å². The van der Waals surface area contributed by atoms with Crippen LogP contribution in [0.4, 0.5) is 0 Å². The van der Waals surface area contributed by atoms with Gasteiger partial charge < -0.3 is 13.8 Å². The van der Waals surface area contributed by atoms with E-state index in [9.17, 15) is 4.79 Å². The predicted octanol–water partition coefficient (Wildman–Crippen LogP) is 4.83. The molecule has 1 unspecified atom stereocenters. The number of hydrogen-bond acceptors (Lipinski definition) is 5. The van der Waals surface area contributed by atoms with E-state index in [0.717, 1.165) is 25.8 Å². The van der Waals surface area contributed by atoms with E-state index >= 15 is 0 Å². The van der Waals surface area contributed by atoms with Gasteiger partial charge in [0, 0.05) is 12.6 Å². The SMILES string of the molecule is Cc1noc2nc(-c3ccco3)cc(C(=O)N3CCCC3CC(C)(C)C)c12. The van der Waals surface area contributed by atoms with Crippen molar-refractivity contribution in [3.8, 4) is 11.5 Å². The summed E-state index contributed by atoms with van der Waals surface area (Å²) in [4.78, 5) is 20.0. The molecule has 6 heteroatoms. The number of carbonyl (C=O) groups is 1. The van der Waals surface area contributed by atoms with Gasteiger partial charge in [-0.25, -0.2) is 4.98 Å². The second-order valence-electron chi connectivity index (χ2n) is 8.54. The number of furan rings is 1. The number of carbonyl (C=O) groups excluding carboxylic acids is 1. The van der Waals surface area contributed by atoms with E-state index in [0.29, 0.717) is 33.8 Å². The molecule has 0 spiro atoms. The second-order valence-corrected chi connectivity index (χ2v) is 8.54. The lowest BCUT2D eigenvalue weighted by molar-refractivity contribution is 0.0706. The fourth-order valence-corrected chi connectivity index (χ4v) is 3.99. The molecule has 0 radical (unpaired) electrons. The van der Waals surface area contributed by atoms with Gasteiger partial charge in [-0.1, -0.05) is 25.9 Å². The largest absolute Gasteiger partial charge is 0.463 e. The Morgan fingerprint density at radius 1 is 1.37 bits per heavy atom. The third kappa shape index (κ3) is 3.36. The van der Waals surface area contributed by atoms with E-state index in [4.69, 9.17) is 8.94 Å². The molecule has 0 N–H and O–H groups in total. The molecule has 3 aromatic heterocycles. The quantitative estimate of drug-likeness (QED) is 0.663. The number of rotatable bonds is 3. The number of fused-ring (bicyclic) bond motifs is 1. The van der Waals surface area contributed by atoms with Gasteiger partial charge in [-0.15, -0.1) is 0 Å². The fourth-order valence-electron chi connectivity index (χ4n) is 3.99. The lowest BCUT2D eigenvalue weighted by Gasteiger charge is -2.30. The average molecular weight is 367 g/mol. The van der Waals surface area contributed by atoms with Crippen LogP contribution >= 0.6 is 0 Å². The van der Waals surface area contributed by atoms with Gasteiger partial charge in [-0.05, 0) is 49.8 Å². The third-order valence-electron chi connectivity index (χ3n) is 5.11. The molecule has 1 fully saturated rings. The molecule has 1 saturated heterocycles. The molecule has 1 amide bonds. The normalized spacial score (nSPS) is 17.8. The summed E-state index contributed by atoms with van der Waals surface area (Å²) in [7, 11) is 0. The first-order valence-corrected chi connectivity index (χ1v) is 9.45. The highest BCUT2D eigenvalue weighted by molar-refractivity contribution is 6.07. The molecule has 4 rings (SSSR count). The van der Waals surface area contributed by atoms with Gasteiger partial charge in [0.2, 0.25) is 0 Å². The van der Waals surface area contributed by atoms with E-state index < -0.39 is 0 Å². The maximum absolute atomic E-state index is 13.5. The van der Waals surface area contributed by atoms with Crippen LogP contribution in [0.15, 0.2) is 33.4 Å². The molecule has 0 aromatic carbocycles. The molecule has 4 heterocycles. The number of hydrogen-bond donors (Lipinski definition) is 0. The zero-order valence-corrected chi connectivity index (χ0v) is 16.3. The highest BCUT2D eigenvalue weighted by Gasteiger charge is 2.34. The molecular weight excluding hydrogens is 342 g/mol. The zero-order valence-electron chi connectivity index (χ0n) is 16.3. The molecule has 142 valence electrons. The molecule has 0 bridgehead atoms. The lowest BCUT2D eigenvalue weighted by Crippen LogP contribution is -2.37. The van der Waals surface area contributed by atoms with Crippen molar-refractivity contribution in [2.24, 2.45) is 5.41 Å². The standard InChI is InChI=1S/C21H25N3O3/c1-13-18-15(20(25)24-9-5-7-14(24)12-21(2,3)4)11-16(17-8-6-10-26-17)22-19(18)27-23-13/h6,8,10-11,14H,5,7,9,12H2,1-4H3. The lowest BCUT2D eigenvalue weighted by atomic mass is 9.87. The van der Waals surface area contributed by atoms with E-state index in [-0.39, 0.29) is 17.4 Å². The van der Waals surface area contributed by atoms with Gasteiger partial charge in [-0.3, -0.25) is 4.79 Å².